The van der Waals surface area contributed by atoms with Gasteiger partial charge in [-0.3, -0.25) is 9.69 Å². The van der Waals surface area contributed by atoms with Gasteiger partial charge < -0.3 is 11.1 Å². The Bertz CT molecular complexity index is 561. The number of piperidine rings is 1. The normalized spacial score (nSPS) is 17.2. The average Bonchev–Trinajstić information content (AvgIpc) is 2.45. The van der Waals surface area contributed by atoms with E-state index in [1.54, 1.807) is 0 Å². The van der Waals surface area contributed by atoms with Crippen molar-refractivity contribution in [3.05, 3.63) is 16.8 Å². The van der Waals surface area contributed by atoms with E-state index in [0.29, 0.717) is 32.5 Å². The first-order valence-corrected chi connectivity index (χ1v) is 7.48. The Morgan fingerprint density at radius 1 is 1.39 bits per heavy atom. The van der Waals surface area contributed by atoms with Gasteiger partial charge in [0, 0.05) is 6.54 Å². The number of carbonyl (C=O) groups excluding carboxylic acids is 1. The summed E-state index contributed by atoms with van der Waals surface area (Å²) < 4.78 is 37.0. The van der Waals surface area contributed by atoms with Crippen LogP contribution in [-0.2, 0) is 0 Å². The first kappa shape index (κ1) is 17.7. The van der Waals surface area contributed by atoms with Gasteiger partial charge in [-0.15, -0.1) is 10.2 Å². The molecule has 0 saturated carbocycles. The molecule has 1 fully saturated rings. The molecule has 0 aromatic carbocycles. The van der Waals surface area contributed by atoms with Crippen LogP contribution in [-0.4, -0.2) is 53.4 Å². The number of aromatic nitrogens is 2. The predicted molar refractivity (Wildman–Crippen MR) is 79.3 cm³/mol. The van der Waals surface area contributed by atoms with Crippen LogP contribution in [0.3, 0.4) is 0 Å². The quantitative estimate of drug-likeness (QED) is 0.846. The largest absolute Gasteiger partial charge is 0.401 e. The lowest BCUT2D eigenvalue weighted by molar-refractivity contribution is -0.148. The van der Waals surface area contributed by atoms with Gasteiger partial charge in [-0.05, 0) is 37.9 Å². The summed E-state index contributed by atoms with van der Waals surface area (Å²) in [7, 11) is 0. The smallest absolute Gasteiger partial charge is 0.368 e. The topological polar surface area (TPSA) is 84.1 Å². The highest BCUT2D eigenvalue weighted by molar-refractivity contribution is 6.29. The van der Waals surface area contributed by atoms with Gasteiger partial charge in [0.25, 0.3) is 5.91 Å². The van der Waals surface area contributed by atoms with E-state index in [1.807, 2.05) is 0 Å². The number of rotatable bonds is 5. The van der Waals surface area contributed by atoms with Crippen LogP contribution in [0.25, 0.3) is 0 Å². The fourth-order valence-electron chi connectivity index (χ4n) is 2.53. The van der Waals surface area contributed by atoms with Gasteiger partial charge in [-0.25, -0.2) is 0 Å². The first-order valence-electron chi connectivity index (χ1n) is 7.10. The van der Waals surface area contributed by atoms with Crippen LogP contribution in [0.4, 0.5) is 19.0 Å². The molecule has 1 aliphatic heterocycles. The van der Waals surface area contributed by atoms with E-state index in [9.17, 15) is 18.0 Å². The lowest BCUT2D eigenvalue weighted by Crippen LogP contribution is -2.41. The fraction of sp³-hybridized carbons (Fsp3) is 0.615. The van der Waals surface area contributed by atoms with Gasteiger partial charge in [0.15, 0.2) is 11.0 Å². The van der Waals surface area contributed by atoms with E-state index in [1.165, 1.54) is 11.0 Å². The van der Waals surface area contributed by atoms with E-state index in [-0.39, 0.29) is 22.5 Å². The SMILES string of the molecule is NC(=O)c1cc(Cl)nnc1NCC1CCN(CC(F)(F)F)CC1. The van der Waals surface area contributed by atoms with E-state index in [4.69, 9.17) is 17.3 Å². The molecule has 1 aromatic heterocycles. The highest BCUT2D eigenvalue weighted by atomic mass is 35.5. The molecule has 0 radical (unpaired) electrons. The number of halogens is 4. The molecule has 0 bridgehead atoms. The first-order chi connectivity index (χ1) is 10.7. The lowest BCUT2D eigenvalue weighted by Gasteiger charge is -2.32. The molecular formula is C13H17ClF3N5O. The number of likely N-dealkylation sites (tertiary alicyclic amines) is 1. The van der Waals surface area contributed by atoms with Gasteiger partial charge in [0.2, 0.25) is 0 Å². The number of nitrogens with zero attached hydrogens (tertiary/aromatic N) is 3. The summed E-state index contributed by atoms with van der Waals surface area (Å²) >= 11 is 5.67. The van der Waals surface area contributed by atoms with Crippen molar-refractivity contribution in [3.63, 3.8) is 0 Å². The van der Waals surface area contributed by atoms with Crippen LogP contribution in [0.15, 0.2) is 6.07 Å². The number of alkyl halides is 3. The fourth-order valence-corrected chi connectivity index (χ4v) is 2.68. The Morgan fingerprint density at radius 2 is 2.04 bits per heavy atom. The van der Waals surface area contributed by atoms with Crippen LogP contribution in [0.5, 0.6) is 0 Å². The molecule has 0 spiro atoms. The van der Waals surface area contributed by atoms with Crippen LogP contribution in [0.2, 0.25) is 5.15 Å². The molecule has 2 heterocycles. The summed E-state index contributed by atoms with van der Waals surface area (Å²) in [5.41, 5.74) is 5.39. The van der Waals surface area contributed by atoms with Crippen LogP contribution in [0.1, 0.15) is 23.2 Å². The monoisotopic (exact) mass is 351 g/mol. The maximum Gasteiger partial charge on any atom is 0.401 e. The second kappa shape index (κ2) is 7.31. The standard InChI is InChI=1S/C13H17ClF3N5O/c14-10-5-9(11(18)23)12(21-20-10)19-6-8-1-3-22(4-2-8)7-13(15,16)17/h5,8H,1-4,6-7H2,(H2,18,23)(H,19,21). The molecule has 1 saturated heterocycles. The Balaban J connectivity index is 1.85. The van der Waals surface area contributed by atoms with Gasteiger partial charge in [0.1, 0.15) is 0 Å². The molecule has 1 aromatic rings. The lowest BCUT2D eigenvalue weighted by atomic mass is 9.96. The van der Waals surface area contributed by atoms with E-state index >= 15 is 0 Å². The highest BCUT2D eigenvalue weighted by Gasteiger charge is 2.32. The minimum absolute atomic E-state index is 0.0600. The minimum atomic E-state index is -4.17. The van der Waals surface area contributed by atoms with Gasteiger partial charge in [-0.1, -0.05) is 11.6 Å². The van der Waals surface area contributed by atoms with Crippen molar-refractivity contribution in [1.29, 1.82) is 0 Å². The molecule has 23 heavy (non-hydrogen) atoms. The Labute approximate surface area is 136 Å². The molecule has 10 heteroatoms. The highest BCUT2D eigenvalue weighted by Crippen LogP contribution is 2.23. The van der Waals surface area contributed by atoms with Crippen molar-refractivity contribution in [1.82, 2.24) is 15.1 Å². The minimum Gasteiger partial charge on any atom is -0.368 e. The summed E-state index contributed by atoms with van der Waals surface area (Å²) in [5.74, 6) is -0.249. The average molecular weight is 352 g/mol. The predicted octanol–water partition coefficient (Wildman–Crippen LogP) is 1.92. The Morgan fingerprint density at radius 3 is 2.61 bits per heavy atom. The zero-order chi connectivity index (χ0) is 17.0. The van der Waals surface area contributed by atoms with E-state index in [0.717, 1.165) is 0 Å². The second-order valence-corrected chi connectivity index (χ2v) is 5.90. The number of nitrogens with one attached hydrogen (secondary N) is 1. The second-order valence-electron chi connectivity index (χ2n) is 5.51. The molecular weight excluding hydrogens is 335 g/mol. The number of nitrogens with two attached hydrogens (primary N) is 1. The number of amides is 1. The number of carbonyl (C=O) groups is 1. The molecule has 0 atom stereocenters. The summed E-state index contributed by atoms with van der Waals surface area (Å²) in [5, 5.41) is 10.5. The van der Waals surface area contributed by atoms with Crippen molar-refractivity contribution in [2.24, 2.45) is 11.7 Å². The zero-order valence-electron chi connectivity index (χ0n) is 12.2. The van der Waals surface area contributed by atoms with Crippen LogP contribution >= 0.6 is 11.6 Å². The van der Waals surface area contributed by atoms with Gasteiger partial charge in [0.05, 0.1) is 12.1 Å². The molecule has 3 N–H and O–H groups in total. The molecule has 128 valence electrons. The maximum atomic E-state index is 12.3. The number of hydrogen-bond acceptors (Lipinski definition) is 5. The zero-order valence-corrected chi connectivity index (χ0v) is 13.0. The summed E-state index contributed by atoms with van der Waals surface area (Å²) in [6, 6.07) is 1.32. The van der Waals surface area contributed by atoms with Crippen molar-refractivity contribution >= 4 is 23.3 Å². The number of anilines is 1. The van der Waals surface area contributed by atoms with Crippen molar-refractivity contribution in [2.75, 3.05) is 31.5 Å². The number of primary amides is 1. The molecule has 6 nitrogen and oxygen atoms in total. The molecule has 1 amide bonds. The third-order valence-corrected chi connectivity index (χ3v) is 3.88. The molecule has 0 unspecified atom stereocenters. The third kappa shape index (κ3) is 5.51. The van der Waals surface area contributed by atoms with Crippen molar-refractivity contribution < 1.29 is 18.0 Å². The number of hydrogen-bond donors (Lipinski definition) is 2. The van der Waals surface area contributed by atoms with Crippen LogP contribution in [0, 0.1) is 5.92 Å². The van der Waals surface area contributed by atoms with E-state index in [2.05, 4.69) is 15.5 Å². The Kier molecular flexibility index (Phi) is 5.64. The maximum absolute atomic E-state index is 12.3. The summed E-state index contributed by atoms with van der Waals surface area (Å²) in [6.45, 7) is 0.389. The van der Waals surface area contributed by atoms with Gasteiger partial charge >= 0.3 is 6.18 Å². The Hall–Kier alpha value is -1.61. The molecule has 0 aliphatic carbocycles. The summed E-state index contributed by atoms with van der Waals surface area (Å²) in [4.78, 5) is 12.7. The third-order valence-electron chi connectivity index (χ3n) is 3.70. The van der Waals surface area contributed by atoms with Crippen molar-refractivity contribution in [2.45, 2.75) is 19.0 Å². The van der Waals surface area contributed by atoms with Crippen molar-refractivity contribution in [3.8, 4) is 0 Å². The van der Waals surface area contributed by atoms with E-state index < -0.39 is 18.6 Å². The van der Waals surface area contributed by atoms with Crippen LogP contribution < -0.4 is 11.1 Å². The molecule has 2 rings (SSSR count). The van der Waals surface area contributed by atoms with Gasteiger partial charge in [-0.2, -0.15) is 13.2 Å². The molecule has 1 aliphatic rings. The summed E-state index contributed by atoms with van der Waals surface area (Å²) in [6.07, 6.45) is -2.90.